The Morgan fingerprint density at radius 1 is 1.12 bits per heavy atom. The van der Waals surface area contributed by atoms with E-state index in [1.807, 2.05) is 43.3 Å². The largest absolute Gasteiger partial charge is 0.460 e. The van der Waals surface area contributed by atoms with Crippen molar-refractivity contribution >= 4 is 23.7 Å². The van der Waals surface area contributed by atoms with Crippen LogP contribution in [-0.4, -0.2) is 88.2 Å². The number of fused-ring (bicyclic) bond motifs is 2. The van der Waals surface area contributed by atoms with E-state index in [0.29, 0.717) is 18.5 Å². The van der Waals surface area contributed by atoms with E-state index in [0.717, 1.165) is 12.8 Å². The monoisotopic (exact) mass is 579 g/mol. The predicted octanol–water partition coefficient (Wildman–Crippen LogP) is 2.29. The summed E-state index contributed by atoms with van der Waals surface area (Å²) in [5.74, 6) is -3.55. The van der Waals surface area contributed by atoms with Gasteiger partial charge in [-0.25, -0.2) is 0 Å². The zero-order valence-corrected chi connectivity index (χ0v) is 24.5. The topological polar surface area (TPSA) is 125 Å². The van der Waals surface area contributed by atoms with Crippen LogP contribution in [0.2, 0.25) is 0 Å². The quantitative estimate of drug-likeness (QED) is 0.391. The van der Waals surface area contributed by atoms with E-state index in [-0.39, 0.29) is 30.8 Å². The molecule has 1 unspecified atom stereocenters. The highest BCUT2D eigenvalue weighted by molar-refractivity contribution is 5.99. The number of carbonyl (C=O) groups excluding carboxylic acids is 4. The molecule has 2 saturated heterocycles. The van der Waals surface area contributed by atoms with Gasteiger partial charge in [-0.15, -0.1) is 0 Å². The molecule has 4 aliphatic heterocycles. The summed E-state index contributed by atoms with van der Waals surface area (Å²) in [5.41, 5.74) is -0.771. The van der Waals surface area contributed by atoms with Gasteiger partial charge < -0.3 is 29.7 Å². The summed E-state index contributed by atoms with van der Waals surface area (Å²) in [5, 5.41) is 13.4. The van der Waals surface area contributed by atoms with E-state index in [4.69, 9.17) is 9.47 Å². The van der Waals surface area contributed by atoms with Crippen molar-refractivity contribution in [2.45, 2.75) is 82.4 Å². The first kappa shape index (κ1) is 30.0. The van der Waals surface area contributed by atoms with Crippen molar-refractivity contribution in [3.63, 3.8) is 0 Å². The molecule has 2 fully saturated rings. The summed E-state index contributed by atoms with van der Waals surface area (Å²) < 4.78 is 12.5. The number of hydrogen-bond acceptors (Lipinski definition) is 7. The van der Waals surface area contributed by atoms with Crippen LogP contribution in [0.15, 0.2) is 54.6 Å². The van der Waals surface area contributed by atoms with Gasteiger partial charge in [0, 0.05) is 19.0 Å². The second kappa shape index (κ2) is 12.4. The van der Waals surface area contributed by atoms with Crippen LogP contribution in [0.3, 0.4) is 0 Å². The number of rotatable bonds is 6. The van der Waals surface area contributed by atoms with Gasteiger partial charge in [-0.2, -0.15) is 0 Å². The molecule has 42 heavy (non-hydrogen) atoms. The SMILES string of the molecule is CCCC(C)N1CC=C[C@]23O[C@@H]4/C=C\CCC(=O)NC[C@@H](C)OC(=O)[C@@H]4[C@H]2C(=O)N([C@H](CO)c2ccccc2)[C@@H]3C1=O. The van der Waals surface area contributed by atoms with E-state index < -0.39 is 60.2 Å². The lowest BCUT2D eigenvalue weighted by atomic mass is 9.77. The summed E-state index contributed by atoms with van der Waals surface area (Å²) in [7, 11) is 0. The molecule has 0 saturated carbocycles. The van der Waals surface area contributed by atoms with E-state index >= 15 is 0 Å². The van der Waals surface area contributed by atoms with Gasteiger partial charge in [-0.3, -0.25) is 19.2 Å². The standard InChI is InChI=1S/C32H41N3O7/c1-4-11-20(2)34-17-10-16-32-27(26-24(42-32)14-8-9-15-25(37)33-18-21(3)41-31(26)40)29(38)35(28(32)30(34)39)23(19-36)22-12-6-5-7-13-22/h5-8,10,12-14,16,20-21,23-24,26-28,36H,4,9,11,15,17-19H2,1-3H3,(H,33,37)/b14-8-/t20?,21-,23-,24-,26+,27+,28-,32+/m1/s1. The van der Waals surface area contributed by atoms with Crippen molar-refractivity contribution in [2.24, 2.45) is 11.8 Å². The van der Waals surface area contributed by atoms with Crippen molar-refractivity contribution in [3.05, 3.63) is 60.2 Å². The van der Waals surface area contributed by atoms with Gasteiger partial charge in [0.05, 0.1) is 31.2 Å². The molecule has 4 aliphatic rings. The molecule has 1 spiro atoms. The van der Waals surface area contributed by atoms with Gasteiger partial charge >= 0.3 is 5.97 Å². The number of benzene rings is 1. The Morgan fingerprint density at radius 3 is 2.60 bits per heavy atom. The molecule has 1 aromatic rings. The maximum absolute atomic E-state index is 14.6. The van der Waals surface area contributed by atoms with Gasteiger partial charge in [0.1, 0.15) is 23.7 Å². The summed E-state index contributed by atoms with van der Waals surface area (Å²) in [4.78, 5) is 58.4. The first-order valence-electron chi connectivity index (χ1n) is 15.0. The minimum absolute atomic E-state index is 0.0899. The molecule has 0 aliphatic carbocycles. The van der Waals surface area contributed by atoms with Crippen molar-refractivity contribution in [1.82, 2.24) is 15.1 Å². The molecule has 2 N–H and O–H groups in total. The maximum atomic E-state index is 14.6. The zero-order chi connectivity index (χ0) is 30.0. The highest BCUT2D eigenvalue weighted by Crippen LogP contribution is 2.55. The number of ether oxygens (including phenoxy) is 2. The van der Waals surface area contributed by atoms with Gasteiger partial charge in [0.2, 0.25) is 17.7 Å². The Balaban J connectivity index is 1.64. The smallest absolute Gasteiger partial charge is 0.313 e. The average molecular weight is 580 g/mol. The fourth-order valence-electron chi connectivity index (χ4n) is 6.95. The molecule has 10 nitrogen and oxygen atoms in total. The number of aliphatic hydroxyl groups excluding tert-OH is 1. The Kier molecular flexibility index (Phi) is 8.84. The summed E-state index contributed by atoms with van der Waals surface area (Å²) in [6.45, 7) is 5.81. The molecule has 8 atom stereocenters. The van der Waals surface area contributed by atoms with E-state index in [1.54, 1.807) is 30.1 Å². The lowest BCUT2D eigenvalue weighted by molar-refractivity contribution is -0.160. The predicted molar refractivity (Wildman–Crippen MR) is 154 cm³/mol. The number of esters is 1. The van der Waals surface area contributed by atoms with Crippen LogP contribution in [0.5, 0.6) is 0 Å². The second-order valence-corrected chi connectivity index (χ2v) is 11.7. The number of carbonyl (C=O) groups is 4. The van der Waals surface area contributed by atoms with Crippen LogP contribution in [0.1, 0.15) is 58.1 Å². The third-order valence-electron chi connectivity index (χ3n) is 8.93. The zero-order valence-electron chi connectivity index (χ0n) is 24.5. The molecular weight excluding hydrogens is 538 g/mol. The number of nitrogens with one attached hydrogen (secondary N) is 1. The van der Waals surface area contributed by atoms with Crippen molar-refractivity contribution < 1.29 is 33.8 Å². The van der Waals surface area contributed by atoms with Crippen LogP contribution in [0, 0.1) is 11.8 Å². The molecule has 3 amide bonds. The van der Waals surface area contributed by atoms with Crippen LogP contribution in [0.25, 0.3) is 0 Å². The lowest BCUT2D eigenvalue weighted by Gasteiger charge is -2.40. The van der Waals surface area contributed by atoms with E-state index in [1.165, 1.54) is 4.90 Å². The van der Waals surface area contributed by atoms with E-state index in [2.05, 4.69) is 12.2 Å². The summed E-state index contributed by atoms with van der Waals surface area (Å²) in [6, 6.07) is 7.11. The first-order valence-corrected chi connectivity index (χ1v) is 15.0. The van der Waals surface area contributed by atoms with Crippen molar-refractivity contribution in [2.75, 3.05) is 19.7 Å². The fourth-order valence-corrected chi connectivity index (χ4v) is 6.95. The molecule has 4 heterocycles. The Hall–Kier alpha value is -3.50. The normalized spacial score (nSPS) is 33.8. The Morgan fingerprint density at radius 2 is 1.88 bits per heavy atom. The second-order valence-electron chi connectivity index (χ2n) is 11.7. The van der Waals surface area contributed by atoms with Crippen LogP contribution < -0.4 is 5.32 Å². The van der Waals surface area contributed by atoms with Gasteiger partial charge in [-0.1, -0.05) is 68.0 Å². The molecule has 226 valence electrons. The van der Waals surface area contributed by atoms with E-state index in [9.17, 15) is 24.3 Å². The molecule has 5 rings (SSSR count). The Bertz CT molecular complexity index is 1250. The van der Waals surface area contributed by atoms with Gasteiger partial charge in [0.15, 0.2) is 0 Å². The number of cyclic esters (lactones) is 1. The number of likely N-dealkylation sites (tertiary alicyclic amines) is 1. The highest BCUT2D eigenvalue weighted by atomic mass is 16.6. The number of amides is 3. The highest BCUT2D eigenvalue weighted by Gasteiger charge is 2.72. The molecule has 0 aromatic heterocycles. The minimum Gasteiger partial charge on any atom is -0.460 e. The molecule has 1 aromatic carbocycles. The Labute approximate surface area is 246 Å². The van der Waals surface area contributed by atoms with Gasteiger partial charge in [-0.05, 0) is 32.3 Å². The average Bonchev–Trinajstić information content (AvgIpc) is 3.35. The third-order valence-corrected chi connectivity index (χ3v) is 8.93. The third kappa shape index (κ3) is 5.26. The molecule has 0 radical (unpaired) electrons. The number of hydrogen-bond donors (Lipinski definition) is 2. The summed E-state index contributed by atoms with van der Waals surface area (Å²) >= 11 is 0. The maximum Gasteiger partial charge on any atom is 0.313 e. The van der Waals surface area contributed by atoms with Crippen molar-refractivity contribution in [1.29, 1.82) is 0 Å². The number of allylic oxidation sites excluding steroid dienone is 1. The van der Waals surface area contributed by atoms with Crippen molar-refractivity contribution in [3.8, 4) is 0 Å². The summed E-state index contributed by atoms with van der Waals surface area (Å²) in [6.07, 6.45) is 8.03. The number of aliphatic hydroxyl groups is 1. The fraction of sp³-hybridized carbons (Fsp3) is 0.562. The molecule has 10 heteroatoms. The van der Waals surface area contributed by atoms with Crippen LogP contribution in [0.4, 0.5) is 0 Å². The first-order chi connectivity index (χ1) is 20.2. The minimum atomic E-state index is -1.45. The number of nitrogens with zero attached hydrogens (tertiary/aromatic N) is 2. The van der Waals surface area contributed by atoms with Crippen LogP contribution >= 0.6 is 0 Å². The molecule has 0 bridgehead atoms. The lowest BCUT2D eigenvalue weighted by Crippen LogP contribution is -2.57. The van der Waals surface area contributed by atoms with Gasteiger partial charge in [0.25, 0.3) is 0 Å². The van der Waals surface area contributed by atoms with Crippen LogP contribution in [-0.2, 0) is 28.7 Å². The molecular formula is C32H41N3O7.